The predicted octanol–water partition coefficient (Wildman–Crippen LogP) is 3.50. The fraction of sp³-hybridized carbons (Fsp3) is 0.211. The molecule has 2 aromatic carbocycles. The van der Waals surface area contributed by atoms with Gasteiger partial charge in [0, 0.05) is 18.1 Å². The third kappa shape index (κ3) is 3.24. The first-order valence-corrected chi connectivity index (χ1v) is 7.78. The molecule has 0 saturated heterocycles. The Bertz CT molecular complexity index is 923. The number of ether oxygens (including phenoxy) is 2. The van der Waals surface area contributed by atoms with Gasteiger partial charge in [0.05, 0.1) is 25.3 Å². The number of methoxy groups -OCH3 is 2. The fourth-order valence-electron chi connectivity index (χ4n) is 2.65. The standard InChI is InChI=1S/C19H19N3O3/c1-12-20-17-11-13(19(23)25-4)5-10-16(17)18(21-12)22(2)14-6-8-15(24-3)9-7-14/h5-11H,1-4H3. The summed E-state index contributed by atoms with van der Waals surface area (Å²) in [5, 5.41) is 0.858. The molecular formula is C19H19N3O3. The smallest absolute Gasteiger partial charge is 0.337 e. The molecule has 0 saturated carbocycles. The minimum absolute atomic E-state index is 0.386. The van der Waals surface area contributed by atoms with Gasteiger partial charge in [-0.05, 0) is 49.4 Å². The molecule has 0 bridgehead atoms. The van der Waals surface area contributed by atoms with E-state index in [1.165, 1.54) is 7.11 Å². The summed E-state index contributed by atoms with van der Waals surface area (Å²) >= 11 is 0. The predicted molar refractivity (Wildman–Crippen MR) is 96.7 cm³/mol. The number of hydrogen-bond acceptors (Lipinski definition) is 6. The Hall–Kier alpha value is -3.15. The summed E-state index contributed by atoms with van der Waals surface area (Å²) in [5.41, 5.74) is 2.13. The lowest BCUT2D eigenvalue weighted by Crippen LogP contribution is -2.13. The van der Waals surface area contributed by atoms with Crippen molar-refractivity contribution in [2.45, 2.75) is 6.92 Å². The van der Waals surface area contributed by atoms with E-state index in [1.807, 2.05) is 49.2 Å². The number of rotatable bonds is 4. The molecule has 0 radical (unpaired) electrons. The first-order chi connectivity index (χ1) is 12.0. The van der Waals surface area contributed by atoms with Gasteiger partial charge in [-0.2, -0.15) is 0 Å². The van der Waals surface area contributed by atoms with Crippen molar-refractivity contribution in [3.8, 4) is 5.75 Å². The van der Waals surface area contributed by atoms with Crippen LogP contribution in [-0.4, -0.2) is 37.2 Å². The van der Waals surface area contributed by atoms with Gasteiger partial charge in [-0.15, -0.1) is 0 Å². The number of esters is 1. The molecule has 1 aromatic heterocycles. The molecule has 3 rings (SSSR count). The van der Waals surface area contributed by atoms with Crippen LogP contribution >= 0.6 is 0 Å². The van der Waals surface area contributed by atoms with Crippen molar-refractivity contribution in [1.82, 2.24) is 9.97 Å². The Kier molecular flexibility index (Phi) is 4.52. The molecule has 128 valence electrons. The zero-order chi connectivity index (χ0) is 18.0. The van der Waals surface area contributed by atoms with Gasteiger partial charge in [0.15, 0.2) is 0 Å². The van der Waals surface area contributed by atoms with Crippen molar-refractivity contribution in [1.29, 1.82) is 0 Å². The molecule has 0 amide bonds. The van der Waals surface area contributed by atoms with E-state index in [4.69, 9.17) is 9.47 Å². The highest BCUT2D eigenvalue weighted by Gasteiger charge is 2.14. The number of fused-ring (bicyclic) bond motifs is 1. The molecule has 25 heavy (non-hydrogen) atoms. The van der Waals surface area contributed by atoms with Gasteiger partial charge in [-0.3, -0.25) is 0 Å². The van der Waals surface area contributed by atoms with Crippen LogP contribution in [0.5, 0.6) is 5.75 Å². The maximum atomic E-state index is 11.8. The second-order valence-corrected chi connectivity index (χ2v) is 5.57. The Labute approximate surface area is 146 Å². The van der Waals surface area contributed by atoms with Crippen molar-refractivity contribution in [2.75, 3.05) is 26.2 Å². The van der Waals surface area contributed by atoms with E-state index in [9.17, 15) is 4.79 Å². The maximum absolute atomic E-state index is 11.8. The topological polar surface area (TPSA) is 64.5 Å². The SMILES string of the molecule is COC(=O)c1ccc2c(N(C)c3ccc(OC)cc3)nc(C)nc2c1. The number of carbonyl (C=O) groups excluding carboxylic acids is 1. The first-order valence-electron chi connectivity index (χ1n) is 7.78. The number of hydrogen-bond donors (Lipinski definition) is 0. The molecule has 0 atom stereocenters. The lowest BCUT2D eigenvalue weighted by Gasteiger charge is -2.21. The summed E-state index contributed by atoms with van der Waals surface area (Å²) in [6.07, 6.45) is 0. The van der Waals surface area contributed by atoms with Gasteiger partial charge in [0.1, 0.15) is 17.4 Å². The van der Waals surface area contributed by atoms with Crippen molar-refractivity contribution >= 4 is 28.4 Å². The van der Waals surface area contributed by atoms with Crippen LogP contribution in [0.25, 0.3) is 10.9 Å². The van der Waals surface area contributed by atoms with Crippen LogP contribution in [0.1, 0.15) is 16.2 Å². The zero-order valence-corrected chi connectivity index (χ0v) is 14.6. The summed E-state index contributed by atoms with van der Waals surface area (Å²) < 4.78 is 9.98. The van der Waals surface area contributed by atoms with E-state index < -0.39 is 0 Å². The lowest BCUT2D eigenvalue weighted by atomic mass is 10.1. The summed E-state index contributed by atoms with van der Waals surface area (Å²) in [4.78, 5) is 22.8. The molecular weight excluding hydrogens is 318 g/mol. The number of nitrogens with zero attached hydrogens (tertiary/aromatic N) is 3. The van der Waals surface area contributed by atoms with Gasteiger partial charge in [-0.25, -0.2) is 14.8 Å². The monoisotopic (exact) mass is 337 g/mol. The Morgan fingerprint density at radius 3 is 2.40 bits per heavy atom. The van der Waals surface area contributed by atoms with Crippen LogP contribution < -0.4 is 9.64 Å². The molecule has 0 aliphatic heterocycles. The zero-order valence-electron chi connectivity index (χ0n) is 14.6. The van der Waals surface area contributed by atoms with E-state index >= 15 is 0 Å². The van der Waals surface area contributed by atoms with Crippen LogP contribution in [0.3, 0.4) is 0 Å². The van der Waals surface area contributed by atoms with E-state index in [2.05, 4.69) is 9.97 Å². The van der Waals surface area contributed by atoms with E-state index in [0.29, 0.717) is 16.9 Å². The van der Waals surface area contributed by atoms with Crippen LogP contribution in [0, 0.1) is 6.92 Å². The molecule has 0 aliphatic rings. The molecule has 0 N–H and O–H groups in total. The Morgan fingerprint density at radius 2 is 1.76 bits per heavy atom. The molecule has 3 aromatic rings. The molecule has 1 heterocycles. The average molecular weight is 337 g/mol. The first kappa shape index (κ1) is 16.7. The second-order valence-electron chi connectivity index (χ2n) is 5.57. The average Bonchev–Trinajstić information content (AvgIpc) is 2.65. The number of carbonyl (C=O) groups is 1. The number of anilines is 2. The fourth-order valence-corrected chi connectivity index (χ4v) is 2.65. The normalized spacial score (nSPS) is 10.6. The van der Waals surface area contributed by atoms with E-state index in [1.54, 1.807) is 19.2 Å². The summed E-state index contributed by atoms with van der Waals surface area (Å²) in [6, 6.07) is 13.0. The minimum Gasteiger partial charge on any atom is -0.497 e. The molecule has 6 heteroatoms. The highest BCUT2D eigenvalue weighted by molar-refractivity contribution is 5.98. The molecule has 0 aliphatic carbocycles. The summed E-state index contributed by atoms with van der Waals surface area (Å²) in [6.45, 7) is 1.83. The van der Waals surface area contributed by atoms with Gasteiger partial charge in [0.25, 0.3) is 0 Å². The quantitative estimate of drug-likeness (QED) is 0.679. The second kappa shape index (κ2) is 6.76. The number of aryl methyl sites for hydroxylation is 1. The van der Waals surface area contributed by atoms with Gasteiger partial charge in [-0.1, -0.05) is 0 Å². The van der Waals surface area contributed by atoms with Crippen LogP contribution in [-0.2, 0) is 4.74 Å². The molecule has 0 unspecified atom stereocenters. The van der Waals surface area contributed by atoms with Crippen molar-refractivity contribution < 1.29 is 14.3 Å². The van der Waals surface area contributed by atoms with Crippen molar-refractivity contribution in [2.24, 2.45) is 0 Å². The van der Waals surface area contributed by atoms with Crippen LogP contribution in [0.15, 0.2) is 42.5 Å². The number of benzene rings is 2. The number of aromatic nitrogens is 2. The molecule has 0 spiro atoms. The largest absolute Gasteiger partial charge is 0.497 e. The third-order valence-corrected chi connectivity index (χ3v) is 3.99. The molecule has 6 nitrogen and oxygen atoms in total. The summed E-state index contributed by atoms with van der Waals surface area (Å²) in [5.74, 6) is 1.81. The van der Waals surface area contributed by atoms with Gasteiger partial charge < -0.3 is 14.4 Å². The highest BCUT2D eigenvalue weighted by Crippen LogP contribution is 2.30. The van der Waals surface area contributed by atoms with Crippen molar-refractivity contribution in [3.05, 3.63) is 53.9 Å². The summed E-state index contributed by atoms with van der Waals surface area (Å²) in [7, 11) is 4.94. The van der Waals surface area contributed by atoms with Crippen molar-refractivity contribution in [3.63, 3.8) is 0 Å². The van der Waals surface area contributed by atoms with E-state index in [-0.39, 0.29) is 5.97 Å². The van der Waals surface area contributed by atoms with Crippen LogP contribution in [0.4, 0.5) is 11.5 Å². The molecule has 0 fully saturated rings. The van der Waals surface area contributed by atoms with E-state index in [0.717, 1.165) is 22.6 Å². The minimum atomic E-state index is -0.386. The van der Waals surface area contributed by atoms with Gasteiger partial charge >= 0.3 is 5.97 Å². The van der Waals surface area contributed by atoms with Gasteiger partial charge in [0.2, 0.25) is 0 Å². The highest BCUT2D eigenvalue weighted by atomic mass is 16.5. The maximum Gasteiger partial charge on any atom is 0.337 e. The lowest BCUT2D eigenvalue weighted by molar-refractivity contribution is 0.0601. The van der Waals surface area contributed by atoms with Crippen LogP contribution in [0.2, 0.25) is 0 Å². The Morgan fingerprint density at radius 1 is 1.04 bits per heavy atom. The third-order valence-electron chi connectivity index (χ3n) is 3.99. The Balaban J connectivity index is 2.09.